The van der Waals surface area contributed by atoms with Gasteiger partial charge in [0.2, 0.25) is 0 Å². The maximum Gasteiger partial charge on any atom is 0.252 e. The first kappa shape index (κ1) is 13.9. The first-order valence-electron chi connectivity index (χ1n) is 7.86. The molecule has 5 nitrogen and oxygen atoms in total. The van der Waals surface area contributed by atoms with Crippen molar-refractivity contribution in [2.24, 2.45) is 0 Å². The first-order valence-corrected chi connectivity index (χ1v) is 7.86. The van der Waals surface area contributed by atoms with Crippen LogP contribution in [0.15, 0.2) is 36.4 Å². The van der Waals surface area contributed by atoms with Crippen LogP contribution >= 0.6 is 0 Å². The number of hydrogen-bond acceptors (Lipinski definition) is 4. The Bertz CT molecular complexity index is 881. The second kappa shape index (κ2) is 5.19. The topological polar surface area (TPSA) is 46.8 Å². The summed E-state index contributed by atoms with van der Waals surface area (Å²) in [6.07, 6.45) is 1.05. The lowest BCUT2D eigenvalue weighted by Crippen LogP contribution is -2.17. The van der Waals surface area contributed by atoms with E-state index in [1.165, 1.54) is 11.3 Å². The second-order valence-electron chi connectivity index (χ2n) is 6.04. The van der Waals surface area contributed by atoms with Gasteiger partial charge < -0.3 is 4.90 Å². The maximum absolute atomic E-state index is 4.77. The van der Waals surface area contributed by atoms with Crippen molar-refractivity contribution < 1.29 is 0 Å². The Balaban J connectivity index is 1.81. The summed E-state index contributed by atoms with van der Waals surface area (Å²) in [4.78, 5) is 11.6. The Labute approximate surface area is 135 Å². The molecule has 1 aliphatic rings. The molecular formula is C18H19N5. The van der Waals surface area contributed by atoms with Gasteiger partial charge in [0.15, 0.2) is 0 Å². The normalized spacial score (nSPS) is 13.4. The summed E-state index contributed by atoms with van der Waals surface area (Å²) in [7, 11) is 0. The monoisotopic (exact) mass is 305 g/mol. The Morgan fingerprint density at radius 2 is 1.78 bits per heavy atom. The number of aryl methyl sites for hydroxylation is 3. The summed E-state index contributed by atoms with van der Waals surface area (Å²) >= 11 is 0. The van der Waals surface area contributed by atoms with E-state index in [4.69, 9.17) is 4.98 Å². The molecular weight excluding hydrogens is 286 g/mol. The lowest BCUT2D eigenvalue weighted by molar-refractivity contribution is 0.765. The van der Waals surface area contributed by atoms with Crippen LogP contribution in [0.1, 0.15) is 22.6 Å². The van der Waals surface area contributed by atoms with Gasteiger partial charge in [-0.2, -0.15) is 10.1 Å². The Morgan fingerprint density at radius 1 is 0.957 bits per heavy atom. The number of hydrogen-bond donors (Lipinski definition) is 0. The number of benzene rings is 1. The van der Waals surface area contributed by atoms with E-state index in [1.54, 1.807) is 0 Å². The minimum atomic E-state index is 0.634. The van der Waals surface area contributed by atoms with Crippen molar-refractivity contribution in [1.82, 2.24) is 19.7 Å². The van der Waals surface area contributed by atoms with Gasteiger partial charge in [0.25, 0.3) is 5.95 Å². The summed E-state index contributed by atoms with van der Waals surface area (Å²) in [5.41, 5.74) is 5.57. The van der Waals surface area contributed by atoms with Gasteiger partial charge in [-0.1, -0.05) is 18.2 Å². The van der Waals surface area contributed by atoms with Crippen LogP contribution in [0.2, 0.25) is 0 Å². The Kier molecular flexibility index (Phi) is 3.15. The molecule has 4 rings (SSSR count). The molecule has 116 valence electrons. The molecule has 0 radical (unpaired) electrons. The highest BCUT2D eigenvalue weighted by molar-refractivity contribution is 5.67. The number of rotatable bonds is 2. The van der Waals surface area contributed by atoms with Crippen LogP contribution in [0.4, 0.5) is 11.5 Å². The zero-order valence-electron chi connectivity index (χ0n) is 13.6. The van der Waals surface area contributed by atoms with Crippen LogP contribution in [0.3, 0.4) is 0 Å². The second-order valence-corrected chi connectivity index (χ2v) is 6.04. The molecule has 0 atom stereocenters. The van der Waals surface area contributed by atoms with Crippen molar-refractivity contribution >= 4 is 11.5 Å². The molecule has 5 heteroatoms. The molecule has 0 saturated heterocycles. The standard InChI is InChI=1S/C18H19N5/c1-12-11-17(22-9-8-15-6-4-5-7-16(15)22)20-18(19-12)23-14(3)10-13(2)21-23/h4-7,10-11H,8-9H2,1-3H3. The molecule has 0 fully saturated rings. The fraction of sp³-hybridized carbons (Fsp3) is 0.278. The molecule has 0 aliphatic carbocycles. The third kappa shape index (κ3) is 2.38. The molecule has 1 aliphatic heterocycles. The van der Waals surface area contributed by atoms with E-state index in [2.05, 4.69) is 39.2 Å². The minimum Gasteiger partial charge on any atom is -0.326 e. The Hall–Kier alpha value is -2.69. The quantitative estimate of drug-likeness (QED) is 0.729. The lowest BCUT2D eigenvalue weighted by atomic mass is 10.2. The molecule has 3 heterocycles. The van der Waals surface area contributed by atoms with Gasteiger partial charge in [0.1, 0.15) is 5.82 Å². The zero-order chi connectivity index (χ0) is 16.0. The van der Waals surface area contributed by atoms with Crippen LogP contribution in [0.25, 0.3) is 5.95 Å². The fourth-order valence-electron chi connectivity index (χ4n) is 3.18. The van der Waals surface area contributed by atoms with E-state index in [0.717, 1.165) is 35.9 Å². The van der Waals surface area contributed by atoms with Crippen LogP contribution in [0, 0.1) is 20.8 Å². The van der Waals surface area contributed by atoms with Crippen molar-refractivity contribution in [3.05, 3.63) is 59.0 Å². The van der Waals surface area contributed by atoms with E-state index in [-0.39, 0.29) is 0 Å². The van der Waals surface area contributed by atoms with Crippen molar-refractivity contribution in [3.8, 4) is 5.95 Å². The molecule has 0 amide bonds. The molecule has 0 unspecified atom stereocenters. The fourth-order valence-corrected chi connectivity index (χ4v) is 3.18. The molecule has 0 bridgehead atoms. The largest absolute Gasteiger partial charge is 0.326 e. The number of nitrogens with zero attached hydrogens (tertiary/aromatic N) is 5. The summed E-state index contributed by atoms with van der Waals surface area (Å²) in [6.45, 7) is 6.96. The SMILES string of the molecule is Cc1cc(N2CCc3ccccc32)nc(-n2nc(C)cc2C)n1. The number of para-hydroxylation sites is 1. The van der Waals surface area contributed by atoms with E-state index in [1.807, 2.05) is 37.6 Å². The number of aromatic nitrogens is 4. The van der Waals surface area contributed by atoms with Crippen LogP contribution < -0.4 is 4.90 Å². The van der Waals surface area contributed by atoms with Gasteiger partial charge in [-0.3, -0.25) is 0 Å². The van der Waals surface area contributed by atoms with E-state index >= 15 is 0 Å². The van der Waals surface area contributed by atoms with E-state index < -0.39 is 0 Å². The van der Waals surface area contributed by atoms with Gasteiger partial charge in [0, 0.05) is 29.7 Å². The predicted molar refractivity (Wildman–Crippen MR) is 90.5 cm³/mol. The van der Waals surface area contributed by atoms with Gasteiger partial charge in [-0.05, 0) is 44.9 Å². The minimum absolute atomic E-state index is 0.634. The zero-order valence-corrected chi connectivity index (χ0v) is 13.6. The maximum atomic E-state index is 4.77. The number of fused-ring (bicyclic) bond motifs is 1. The highest BCUT2D eigenvalue weighted by Crippen LogP contribution is 2.33. The molecule has 0 spiro atoms. The van der Waals surface area contributed by atoms with Crippen molar-refractivity contribution in [1.29, 1.82) is 0 Å². The highest BCUT2D eigenvalue weighted by atomic mass is 15.4. The molecule has 0 N–H and O–H groups in total. The van der Waals surface area contributed by atoms with Crippen LogP contribution in [0.5, 0.6) is 0 Å². The molecule has 23 heavy (non-hydrogen) atoms. The average Bonchev–Trinajstić information content (AvgIpc) is 3.09. The molecule has 3 aromatic rings. The van der Waals surface area contributed by atoms with Gasteiger partial charge in [0.05, 0.1) is 5.69 Å². The van der Waals surface area contributed by atoms with E-state index in [9.17, 15) is 0 Å². The third-order valence-corrected chi connectivity index (χ3v) is 4.19. The number of anilines is 2. The van der Waals surface area contributed by atoms with Crippen molar-refractivity contribution in [2.75, 3.05) is 11.4 Å². The first-order chi connectivity index (χ1) is 11.1. The summed E-state index contributed by atoms with van der Waals surface area (Å²) in [5, 5.41) is 4.51. The molecule has 2 aromatic heterocycles. The van der Waals surface area contributed by atoms with Crippen LogP contribution in [-0.2, 0) is 6.42 Å². The predicted octanol–water partition coefficient (Wildman–Crippen LogP) is 3.28. The smallest absolute Gasteiger partial charge is 0.252 e. The van der Waals surface area contributed by atoms with E-state index in [0.29, 0.717) is 5.95 Å². The van der Waals surface area contributed by atoms with Crippen LogP contribution in [-0.4, -0.2) is 26.3 Å². The summed E-state index contributed by atoms with van der Waals surface area (Å²) in [5.74, 6) is 1.57. The highest BCUT2D eigenvalue weighted by Gasteiger charge is 2.22. The van der Waals surface area contributed by atoms with Crippen molar-refractivity contribution in [3.63, 3.8) is 0 Å². The third-order valence-electron chi connectivity index (χ3n) is 4.19. The van der Waals surface area contributed by atoms with Gasteiger partial charge in [-0.15, -0.1) is 0 Å². The lowest BCUT2D eigenvalue weighted by Gasteiger charge is -2.19. The summed E-state index contributed by atoms with van der Waals surface area (Å²) < 4.78 is 1.81. The molecule has 0 saturated carbocycles. The summed E-state index contributed by atoms with van der Waals surface area (Å²) in [6, 6.07) is 12.6. The average molecular weight is 305 g/mol. The van der Waals surface area contributed by atoms with Gasteiger partial charge in [-0.25, -0.2) is 9.67 Å². The van der Waals surface area contributed by atoms with Gasteiger partial charge >= 0.3 is 0 Å². The van der Waals surface area contributed by atoms with Crippen molar-refractivity contribution in [2.45, 2.75) is 27.2 Å². The molecule has 1 aromatic carbocycles. The Morgan fingerprint density at radius 3 is 2.57 bits per heavy atom.